The highest BCUT2D eigenvalue weighted by Gasteiger charge is 2.28. The SMILES string of the molecule is O=C(CCc1nc2ccccc2c(=O)n1C1CC1)OCCOc1ccc(Cl)cc1Cl. The van der Waals surface area contributed by atoms with Gasteiger partial charge < -0.3 is 9.47 Å². The van der Waals surface area contributed by atoms with E-state index in [1.54, 1.807) is 28.8 Å². The van der Waals surface area contributed by atoms with Crippen molar-refractivity contribution in [3.05, 3.63) is 68.7 Å². The smallest absolute Gasteiger partial charge is 0.306 e. The van der Waals surface area contributed by atoms with Crippen molar-refractivity contribution in [1.29, 1.82) is 0 Å². The first-order valence-corrected chi connectivity index (χ1v) is 10.5. The standard InChI is InChI=1S/C22H20Cl2N2O4/c23-14-5-8-19(17(24)13-14)29-11-12-30-21(27)10-9-20-25-18-4-2-1-3-16(18)22(28)26(20)15-6-7-15/h1-5,8,13,15H,6-7,9-12H2. The molecular weight excluding hydrogens is 427 g/mol. The second kappa shape index (κ2) is 9.06. The number of halogens is 2. The van der Waals surface area contributed by atoms with Crippen LogP contribution >= 0.6 is 23.2 Å². The molecule has 30 heavy (non-hydrogen) atoms. The number of benzene rings is 2. The molecule has 1 fully saturated rings. The van der Waals surface area contributed by atoms with Crippen LogP contribution in [0.3, 0.4) is 0 Å². The lowest BCUT2D eigenvalue weighted by atomic mass is 10.2. The Kier molecular flexibility index (Phi) is 6.25. The number of carbonyl (C=O) groups excluding carboxylic acids is 1. The molecule has 1 aromatic heterocycles. The molecule has 1 heterocycles. The van der Waals surface area contributed by atoms with Gasteiger partial charge in [-0.2, -0.15) is 0 Å². The Morgan fingerprint density at radius 2 is 1.93 bits per heavy atom. The third kappa shape index (κ3) is 4.77. The van der Waals surface area contributed by atoms with E-state index in [0.717, 1.165) is 12.8 Å². The van der Waals surface area contributed by atoms with Crippen LogP contribution in [-0.2, 0) is 16.0 Å². The predicted octanol–water partition coefficient (Wildman–Crippen LogP) is 4.59. The van der Waals surface area contributed by atoms with Gasteiger partial charge in [-0.25, -0.2) is 4.98 Å². The molecule has 0 N–H and O–H groups in total. The number of fused-ring (bicyclic) bond motifs is 1. The topological polar surface area (TPSA) is 70.4 Å². The quantitative estimate of drug-likeness (QED) is 0.373. The molecule has 4 rings (SSSR count). The predicted molar refractivity (Wildman–Crippen MR) is 116 cm³/mol. The molecule has 0 radical (unpaired) electrons. The number of para-hydroxylation sites is 1. The number of nitrogens with zero attached hydrogens (tertiary/aromatic N) is 2. The van der Waals surface area contributed by atoms with Gasteiger partial charge in [-0.1, -0.05) is 35.3 Å². The van der Waals surface area contributed by atoms with Gasteiger partial charge in [-0.05, 0) is 43.2 Å². The molecule has 0 atom stereocenters. The second-order valence-corrected chi connectivity index (χ2v) is 7.94. The van der Waals surface area contributed by atoms with Crippen LogP contribution in [0.4, 0.5) is 0 Å². The van der Waals surface area contributed by atoms with Gasteiger partial charge in [-0.3, -0.25) is 14.2 Å². The van der Waals surface area contributed by atoms with Crippen LogP contribution in [0.5, 0.6) is 5.75 Å². The molecule has 0 saturated heterocycles. The Morgan fingerprint density at radius 1 is 1.13 bits per heavy atom. The average molecular weight is 447 g/mol. The lowest BCUT2D eigenvalue weighted by molar-refractivity contribution is -0.144. The highest BCUT2D eigenvalue weighted by Crippen LogP contribution is 2.35. The number of esters is 1. The summed E-state index contributed by atoms with van der Waals surface area (Å²) in [6, 6.07) is 12.4. The minimum atomic E-state index is -0.370. The fourth-order valence-electron chi connectivity index (χ4n) is 3.26. The number of hydrogen-bond donors (Lipinski definition) is 0. The van der Waals surface area contributed by atoms with E-state index in [2.05, 4.69) is 4.98 Å². The molecule has 0 unspecified atom stereocenters. The minimum absolute atomic E-state index is 0.0419. The van der Waals surface area contributed by atoms with Gasteiger partial charge in [0, 0.05) is 17.5 Å². The summed E-state index contributed by atoms with van der Waals surface area (Å²) in [5.74, 6) is 0.735. The Labute approximate surface area is 183 Å². The summed E-state index contributed by atoms with van der Waals surface area (Å²) in [7, 11) is 0. The summed E-state index contributed by atoms with van der Waals surface area (Å²) in [4.78, 5) is 29.6. The molecule has 0 spiro atoms. The summed E-state index contributed by atoms with van der Waals surface area (Å²) in [5.41, 5.74) is 0.607. The van der Waals surface area contributed by atoms with Gasteiger partial charge in [0.1, 0.15) is 24.8 Å². The molecule has 2 aromatic carbocycles. The van der Waals surface area contributed by atoms with Crippen LogP contribution in [0, 0.1) is 0 Å². The van der Waals surface area contributed by atoms with Crippen molar-refractivity contribution in [3.8, 4) is 5.75 Å². The molecule has 156 valence electrons. The largest absolute Gasteiger partial charge is 0.488 e. The maximum absolute atomic E-state index is 12.8. The van der Waals surface area contributed by atoms with Gasteiger partial charge >= 0.3 is 5.97 Å². The molecular formula is C22H20Cl2N2O4. The number of aromatic nitrogens is 2. The van der Waals surface area contributed by atoms with Crippen LogP contribution in [0.15, 0.2) is 47.3 Å². The Bertz CT molecular complexity index is 1140. The molecule has 8 heteroatoms. The van der Waals surface area contributed by atoms with Gasteiger partial charge in [0.15, 0.2) is 0 Å². The molecule has 6 nitrogen and oxygen atoms in total. The van der Waals surface area contributed by atoms with E-state index in [9.17, 15) is 9.59 Å². The van der Waals surface area contributed by atoms with E-state index < -0.39 is 0 Å². The molecule has 0 amide bonds. The Balaban J connectivity index is 1.33. The third-order valence-corrected chi connectivity index (χ3v) is 5.37. The summed E-state index contributed by atoms with van der Waals surface area (Å²) < 4.78 is 12.5. The normalized spacial score (nSPS) is 13.4. The summed E-state index contributed by atoms with van der Waals surface area (Å²) in [5, 5.41) is 1.52. The fraction of sp³-hybridized carbons (Fsp3) is 0.318. The monoisotopic (exact) mass is 446 g/mol. The molecule has 1 aliphatic carbocycles. The molecule has 1 saturated carbocycles. The van der Waals surface area contributed by atoms with Crippen molar-refractivity contribution < 1.29 is 14.3 Å². The highest BCUT2D eigenvalue weighted by atomic mass is 35.5. The number of hydrogen-bond acceptors (Lipinski definition) is 5. The molecule has 1 aliphatic rings. The van der Waals surface area contributed by atoms with E-state index in [1.165, 1.54) is 0 Å². The van der Waals surface area contributed by atoms with E-state index in [0.29, 0.717) is 38.9 Å². The van der Waals surface area contributed by atoms with E-state index in [4.69, 9.17) is 32.7 Å². The van der Waals surface area contributed by atoms with E-state index in [-0.39, 0.29) is 37.2 Å². The van der Waals surface area contributed by atoms with Crippen molar-refractivity contribution >= 4 is 40.1 Å². The van der Waals surface area contributed by atoms with Crippen LogP contribution in [0.2, 0.25) is 10.0 Å². The van der Waals surface area contributed by atoms with Crippen LogP contribution < -0.4 is 10.3 Å². The lowest BCUT2D eigenvalue weighted by Crippen LogP contribution is -2.25. The second-order valence-electron chi connectivity index (χ2n) is 7.10. The molecule has 3 aromatic rings. The van der Waals surface area contributed by atoms with Gasteiger partial charge in [0.05, 0.1) is 22.3 Å². The van der Waals surface area contributed by atoms with Crippen molar-refractivity contribution in [3.63, 3.8) is 0 Å². The zero-order valence-corrected chi connectivity index (χ0v) is 17.7. The van der Waals surface area contributed by atoms with E-state index >= 15 is 0 Å². The first kappa shape index (κ1) is 20.7. The minimum Gasteiger partial charge on any atom is -0.488 e. The Morgan fingerprint density at radius 3 is 2.70 bits per heavy atom. The Hall–Kier alpha value is -2.57. The maximum atomic E-state index is 12.8. The molecule has 0 aliphatic heterocycles. The van der Waals surface area contributed by atoms with Crippen molar-refractivity contribution in [2.24, 2.45) is 0 Å². The summed E-state index contributed by atoms with van der Waals surface area (Å²) >= 11 is 11.9. The first-order valence-electron chi connectivity index (χ1n) is 9.76. The first-order chi connectivity index (χ1) is 14.5. The van der Waals surface area contributed by atoms with Gasteiger partial charge in [0.25, 0.3) is 5.56 Å². The maximum Gasteiger partial charge on any atom is 0.306 e. The lowest BCUT2D eigenvalue weighted by Gasteiger charge is -2.13. The fourth-order valence-corrected chi connectivity index (χ4v) is 3.73. The number of aryl methyl sites for hydroxylation is 1. The van der Waals surface area contributed by atoms with Crippen molar-refractivity contribution in [1.82, 2.24) is 9.55 Å². The molecule has 0 bridgehead atoms. The zero-order valence-electron chi connectivity index (χ0n) is 16.1. The number of rotatable bonds is 8. The van der Waals surface area contributed by atoms with Crippen LogP contribution in [0.25, 0.3) is 10.9 Å². The van der Waals surface area contributed by atoms with Crippen molar-refractivity contribution in [2.45, 2.75) is 31.7 Å². The van der Waals surface area contributed by atoms with Crippen LogP contribution in [-0.4, -0.2) is 28.7 Å². The van der Waals surface area contributed by atoms with E-state index in [1.807, 2.05) is 18.2 Å². The number of ether oxygens (including phenoxy) is 2. The van der Waals surface area contributed by atoms with Crippen molar-refractivity contribution in [2.75, 3.05) is 13.2 Å². The highest BCUT2D eigenvalue weighted by molar-refractivity contribution is 6.35. The average Bonchev–Trinajstić information content (AvgIpc) is 3.56. The number of carbonyl (C=O) groups is 1. The third-order valence-electron chi connectivity index (χ3n) is 4.84. The summed E-state index contributed by atoms with van der Waals surface area (Å²) in [6.45, 7) is 0.270. The van der Waals surface area contributed by atoms with Crippen LogP contribution in [0.1, 0.15) is 31.1 Å². The zero-order chi connectivity index (χ0) is 21.1. The van der Waals surface area contributed by atoms with Gasteiger partial charge in [0.2, 0.25) is 0 Å². The summed E-state index contributed by atoms with van der Waals surface area (Å²) in [6.07, 6.45) is 2.41. The van der Waals surface area contributed by atoms with Gasteiger partial charge in [-0.15, -0.1) is 0 Å².